The van der Waals surface area contributed by atoms with Crippen LogP contribution in [0.5, 0.6) is 0 Å². The minimum absolute atomic E-state index is 0.808. The molecule has 1 atom stereocenters. The van der Waals surface area contributed by atoms with Gasteiger partial charge in [0, 0.05) is 16.5 Å². The number of aromatic nitrogens is 2. The highest BCUT2D eigenvalue weighted by Gasteiger charge is 2.29. The minimum Gasteiger partial charge on any atom is -0.369 e. The molecule has 1 aromatic heterocycles. The number of aliphatic hydroxyl groups excluding tert-OH is 1. The quantitative estimate of drug-likeness (QED) is 0.324. The fourth-order valence-corrected chi connectivity index (χ4v) is 5.20. The van der Waals surface area contributed by atoms with Crippen molar-refractivity contribution < 1.29 is 5.11 Å². The number of hydrogen-bond acceptors (Lipinski definition) is 2. The third-order valence-electron chi connectivity index (χ3n) is 6.70. The van der Waals surface area contributed by atoms with Gasteiger partial charge in [0.05, 0.1) is 11.0 Å². The Hall–Kier alpha value is -4.21. The van der Waals surface area contributed by atoms with Crippen LogP contribution in [-0.4, -0.2) is 14.7 Å². The molecule has 0 aliphatic carbocycles. The average molecular weight is 425 g/mol. The maximum absolute atomic E-state index is 11.7. The highest BCUT2D eigenvalue weighted by molar-refractivity contribution is 6.09. The first-order valence-corrected chi connectivity index (χ1v) is 11.2. The largest absolute Gasteiger partial charge is 0.369 e. The number of hydrogen-bond donors (Lipinski definition) is 1. The van der Waals surface area contributed by atoms with Gasteiger partial charge in [-0.2, -0.15) is 0 Å². The van der Waals surface area contributed by atoms with Gasteiger partial charge in [-0.05, 0) is 58.0 Å². The lowest BCUT2D eigenvalue weighted by atomic mass is 9.87. The SMILES string of the molecule is OC1c2cc(-c3ccccc3)cc3c(-c4ccccc4)ccc(c23)-c2nc3ccccc3n21. The number of rotatable bonds is 2. The molecular weight excluding hydrogens is 404 g/mol. The Morgan fingerprint density at radius 1 is 0.636 bits per heavy atom. The van der Waals surface area contributed by atoms with Crippen LogP contribution >= 0.6 is 0 Å². The van der Waals surface area contributed by atoms with E-state index in [1.165, 1.54) is 0 Å². The zero-order valence-corrected chi connectivity index (χ0v) is 17.8. The lowest BCUT2D eigenvalue weighted by molar-refractivity contribution is 0.152. The highest BCUT2D eigenvalue weighted by Crippen LogP contribution is 2.46. The summed E-state index contributed by atoms with van der Waals surface area (Å²) in [5, 5.41) is 13.9. The average Bonchev–Trinajstić information content (AvgIpc) is 3.28. The smallest absolute Gasteiger partial charge is 0.159 e. The molecule has 3 heteroatoms. The standard InChI is InChI=1S/C30H20N2O/c33-30-25-18-21(19-9-3-1-4-10-19)17-24-22(20-11-5-2-6-12-20)15-16-23(28(24)25)29-31-26-13-7-8-14-27(26)32(29)30/h1-18,30,33H. The summed E-state index contributed by atoms with van der Waals surface area (Å²) in [4.78, 5) is 4.91. The van der Waals surface area contributed by atoms with Crippen LogP contribution in [0, 0.1) is 0 Å². The molecule has 156 valence electrons. The highest BCUT2D eigenvalue weighted by atomic mass is 16.3. The summed E-state index contributed by atoms with van der Waals surface area (Å²) in [6.45, 7) is 0. The van der Waals surface area contributed by atoms with E-state index in [0.717, 1.165) is 61.0 Å². The Bertz CT molecular complexity index is 1670. The summed E-state index contributed by atoms with van der Waals surface area (Å²) in [5.74, 6) is 0.813. The Labute approximate surface area is 191 Å². The molecule has 0 radical (unpaired) electrons. The van der Waals surface area contributed by atoms with Crippen LogP contribution < -0.4 is 0 Å². The van der Waals surface area contributed by atoms with Gasteiger partial charge in [-0.1, -0.05) is 78.9 Å². The maximum Gasteiger partial charge on any atom is 0.159 e. The van der Waals surface area contributed by atoms with Crippen LogP contribution in [0.4, 0.5) is 0 Å². The van der Waals surface area contributed by atoms with Crippen molar-refractivity contribution in [3.8, 4) is 33.6 Å². The Morgan fingerprint density at radius 2 is 1.30 bits per heavy atom. The van der Waals surface area contributed by atoms with Gasteiger partial charge in [-0.25, -0.2) is 4.98 Å². The first-order valence-electron chi connectivity index (χ1n) is 11.2. The summed E-state index contributed by atoms with van der Waals surface area (Å²) in [7, 11) is 0. The molecular formula is C30H20N2O. The van der Waals surface area contributed by atoms with Crippen LogP contribution in [0.1, 0.15) is 11.8 Å². The first kappa shape index (κ1) is 18.4. The van der Waals surface area contributed by atoms with Crippen molar-refractivity contribution in [1.29, 1.82) is 0 Å². The predicted octanol–water partition coefficient (Wildman–Crippen LogP) is 7.04. The molecule has 3 nitrogen and oxygen atoms in total. The second-order valence-electron chi connectivity index (χ2n) is 8.55. The van der Waals surface area contributed by atoms with Crippen molar-refractivity contribution in [1.82, 2.24) is 9.55 Å². The molecule has 1 unspecified atom stereocenters. The van der Waals surface area contributed by atoms with Crippen molar-refractivity contribution in [2.45, 2.75) is 6.23 Å². The van der Waals surface area contributed by atoms with Gasteiger partial charge < -0.3 is 5.11 Å². The fraction of sp³-hybridized carbons (Fsp3) is 0.0333. The molecule has 0 saturated carbocycles. The Balaban J connectivity index is 1.62. The molecule has 2 heterocycles. The number of para-hydroxylation sites is 2. The zero-order valence-electron chi connectivity index (χ0n) is 17.8. The molecule has 5 aromatic carbocycles. The number of fused-ring (bicyclic) bond motifs is 4. The van der Waals surface area contributed by atoms with E-state index < -0.39 is 6.23 Å². The van der Waals surface area contributed by atoms with Gasteiger partial charge in [0.1, 0.15) is 5.82 Å². The van der Waals surface area contributed by atoms with E-state index in [9.17, 15) is 5.11 Å². The van der Waals surface area contributed by atoms with Gasteiger partial charge in [0.2, 0.25) is 0 Å². The zero-order chi connectivity index (χ0) is 21.9. The van der Waals surface area contributed by atoms with E-state index in [-0.39, 0.29) is 0 Å². The van der Waals surface area contributed by atoms with Crippen molar-refractivity contribution in [3.05, 3.63) is 115 Å². The van der Waals surface area contributed by atoms with Gasteiger partial charge in [-0.3, -0.25) is 4.57 Å². The molecule has 0 spiro atoms. The second kappa shape index (κ2) is 6.89. The number of imidazole rings is 1. The molecule has 0 fully saturated rings. The molecule has 0 bridgehead atoms. The lowest BCUT2D eigenvalue weighted by Crippen LogP contribution is -2.16. The van der Waals surface area contributed by atoms with E-state index >= 15 is 0 Å². The fourth-order valence-electron chi connectivity index (χ4n) is 5.20. The normalized spacial score (nSPS) is 14.5. The first-order chi connectivity index (χ1) is 16.3. The van der Waals surface area contributed by atoms with E-state index in [1.54, 1.807) is 0 Å². The van der Waals surface area contributed by atoms with Gasteiger partial charge in [0.25, 0.3) is 0 Å². The Morgan fingerprint density at radius 3 is 2.09 bits per heavy atom. The van der Waals surface area contributed by atoms with Crippen molar-refractivity contribution in [3.63, 3.8) is 0 Å². The van der Waals surface area contributed by atoms with E-state index in [1.807, 2.05) is 41.0 Å². The summed E-state index contributed by atoms with van der Waals surface area (Å²) >= 11 is 0. The van der Waals surface area contributed by atoms with Crippen LogP contribution in [0.2, 0.25) is 0 Å². The van der Waals surface area contributed by atoms with Crippen molar-refractivity contribution in [2.75, 3.05) is 0 Å². The lowest BCUT2D eigenvalue weighted by Gasteiger charge is -2.27. The third kappa shape index (κ3) is 2.63. The van der Waals surface area contributed by atoms with Crippen LogP contribution in [0.25, 0.3) is 55.4 Å². The van der Waals surface area contributed by atoms with E-state index in [2.05, 4.69) is 72.8 Å². The molecule has 0 saturated heterocycles. The minimum atomic E-state index is -0.808. The van der Waals surface area contributed by atoms with E-state index in [0.29, 0.717) is 0 Å². The van der Waals surface area contributed by atoms with E-state index in [4.69, 9.17) is 4.98 Å². The predicted molar refractivity (Wildman–Crippen MR) is 134 cm³/mol. The van der Waals surface area contributed by atoms with Gasteiger partial charge in [0.15, 0.2) is 6.23 Å². The molecule has 0 amide bonds. The number of aliphatic hydroxyl groups is 1. The van der Waals surface area contributed by atoms with Crippen molar-refractivity contribution in [2.24, 2.45) is 0 Å². The van der Waals surface area contributed by atoms with Crippen molar-refractivity contribution >= 4 is 21.8 Å². The van der Waals surface area contributed by atoms with Gasteiger partial charge in [-0.15, -0.1) is 0 Å². The molecule has 1 N–H and O–H groups in total. The van der Waals surface area contributed by atoms with Crippen LogP contribution in [0.15, 0.2) is 109 Å². The number of benzene rings is 5. The van der Waals surface area contributed by atoms with Gasteiger partial charge >= 0.3 is 0 Å². The molecule has 1 aliphatic rings. The second-order valence-corrected chi connectivity index (χ2v) is 8.55. The van der Waals surface area contributed by atoms with Crippen LogP contribution in [-0.2, 0) is 0 Å². The monoisotopic (exact) mass is 424 g/mol. The Kier molecular flexibility index (Phi) is 3.84. The summed E-state index contributed by atoms with van der Waals surface area (Å²) in [6, 6.07) is 37.6. The topological polar surface area (TPSA) is 38.1 Å². The maximum atomic E-state index is 11.7. The molecule has 7 rings (SSSR count). The summed E-state index contributed by atoms with van der Waals surface area (Å²) in [6.07, 6.45) is -0.808. The molecule has 6 aromatic rings. The summed E-state index contributed by atoms with van der Waals surface area (Å²) in [5.41, 5.74) is 8.35. The van der Waals surface area contributed by atoms with Crippen LogP contribution in [0.3, 0.4) is 0 Å². The molecule has 33 heavy (non-hydrogen) atoms. The summed E-state index contributed by atoms with van der Waals surface area (Å²) < 4.78 is 1.96. The molecule has 1 aliphatic heterocycles. The number of nitrogens with zero attached hydrogens (tertiary/aromatic N) is 2. The third-order valence-corrected chi connectivity index (χ3v) is 6.70.